The van der Waals surface area contributed by atoms with Crippen LogP contribution in [0.3, 0.4) is 0 Å². The van der Waals surface area contributed by atoms with Crippen LogP contribution in [0.25, 0.3) is 6.08 Å². The molecule has 0 aromatic heterocycles. The summed E-state index contributed by atoms with van der Waals surface area (Å²) in [6, 6.07) is 17.6. The smallest absolute Gasteiger partial charge is 0.294 e. The normalized spacial score (nSPS) is 13.7. The number of nitrogens with zero attached hydrogens (tertiary/aromatic N) is 1. The lowest BCUT2D eigenvalue weighted by atomic mass is 10.1. The lowest BCUT2D eigenvalue weighted by Crippen LogP contribution is -2.36. The van der Waals surface area contributed by atoms with E-state index in [0.717, 1.165) is 27.8 Å². The van der Waals surface area contributed by atoms with Crippen molar-refractivity contribution in [2.24, 2.45) is 0 Å². The van der Waals surface area contributed by atoms with Gasteiger partial charge in [0.25, 0.3) is 17.1 Å². The van der Waals surface area contributed by atoms with Crippen LogP contribution in [0, 0.1) is 13.8 Å². The molecule has 218 valence electrons. The maximum absolute atomic E-state index is 13.0. The van der Waals surface area contributed by atoms with Crippen molar-refractivity contribution < 1.29 is 33.4 Å². The molecule has 0 spiro atoms. The van der Waals surface area contributed by atoms with E-state index in [1.165, 1.54) is 13.2 Å². The zero-order valence-corrected chi connectivity index (χ0v) is 24.5. The maximum atomic E-state index is 13.0. The number of imide groups is 1. The minimum atomic E-state index is -0.566. The Bertz CT molecular complexity index is 1550. The van der Waals surface area contributed by atoms with Crippen molar-refractivity contribution in [3.8, 4) is 17.2 Å². The third-order valence-corrected chi connectivity index (χ3v) is 7.04. The number of thioether (sulfide) groups is 1. The molecule has 0 unspecified atom stereocenters. The first-order valence-electron chi connectivity index (χ1n) is 13.1. The maximum Gasteiger partial charge on any atom is 0.294 e. The molecule has 0 saturated carbocycles. The molecule has 2 N–H and O–H groups in total. The van der Waals surface area contributed by atoms with Gasteiger partial charge in [0, 0.05) is 5.69 Å². The third-order valence-electron chi connectivity index (χ3n) is 6.14. The van der Waals surface area contributed by atoms with Gasteiger partial charge in [0.2, 0.25) is 5.91 Å². The molecule has 1 saturated heterocycles. The standard InChI is InChI=1S/C31H31N3O7S/c1-5-40-24-9-7-6-8-23(24)33-29(36)18-41-25-13-11-21(15-26(25)39-4)16-27-30(37)34(31(38)42-27)17-28(35)32-22-12-10-19(2)14-20(22)3/h6-16H,5,17-18H2,1-4H3,(H,32,35)(H,33,36)/b27-16+. The quantitative estimate of drug-likeness (QED) is 0.285. The molecule has 3 aromatic rings. The molecule has 10 nitrogen and oxygen atoms in total. The van der Waals surface area contributed by atoms with E-state index in [2.05, 4.69) is 10.6 Å². The number of nitrogens with one attached hydrogen (secondary N) is 2. The molecule has 4 rings (SSSR count). The number of rotatable bonds is 11. The van der Waals surface area contributed by atoms with Gasteiger partial charge in [-0.1, -0.05) is 35.9 Å². The summed E-state index contributed by atoms with van der Waals surface area (Å²) >= 11 is 0.751. The number of hydrogen-bond acceptors (Lipinski definition) is 8. The number of para-hydroxylation sites is 2. The summed E-state index contributed by atoms with van der Waals surface area (Å²) in [6.07, 6.45) is 1.54. The fraction of sp³-hybridized carbons (Fsp3) is 0.226. The molecular formula is C31H31N3O7S. The van der Waals surface area contributed by atoms with Crippen LogP contribution in [0.5, 0.6) is 17.2 Å². The summed E-state index contributed by atoms with van der Waals surface area (Å²) in [7, 11) is 1.45. The predicted molar refractivity (Wildman–Crippen MR) is 162 cm³/mol. The molecule has 1 fully saturated rings. The number of hydrogen-bond donors (Lipinski definition) is 2. The Morgan fingerprint density at radius 1 is 0.881 bits per heavy atom. The number of ether oxygens (including phenoxy) is 3. The Kier molecular flexibility index (Phi) is 9.87. The summed E-state index contributed by atoms with van der Waals surface area (Å²) < 4.78 is 16.6. The molecular weight excluding hydrogens is 558 g/mol. The van der Waals surface area contributed by atoms with Gasteiger partial charge in [0.15, 0.2) is 18.1 Å². The van der Waals surface area contributed by atoms with Gasteiger partial charge in [-0.05, 0) is 80.1 Å². The highest BCUT2D eigenvalue weighted by molar-refractivity contribution is 8.18. The van der Waals surface area contributed by atoms with Gasteiger partial charge in [-0.3, -0.25) is 24.1 Å². The van der Waals surface area contributed by atoms with Gasteiger partial charge in [-0.25, -0.2) is 0 Å². The van der Waals surface area contributed by atoms with Crippen LogP contribution in [-0.4, -0.2) is 54.7 Å². The van der Waals surface area contributed by atoms with E-state index >= 15 is 0 Å². The third kappa shape index (κ3) is 7.49. The Balaban J connectivity index is 1.38. The van der Waals surface area contributed by atoms with E-state index in [1.807, 2.05) is 39.0 Å². The SMILES string of the molecule is CCOc1ccccc1NC(=O)COc1ccc(/C=C2/SC(=O)N(CC(=O)Nc3ccc(C)cc3C)C2=O)cc1OC. The van der Waals surface area contributed by atoms with E-state index in [-0.39, 0.29) is 17.4 Å². The first-order chi connectivity index (χ1) is 20.2. The molecule has 1 heterocycles. The highest BCUT2D eigenvalue weighted by Crippen LogP contribution is 2.34. The van der Waals surface area contributed by atoms with Crippen molar-refractivity contribution in [1.82, 2.24) is 4.90 Å². The largest absolute Gasteiger partial charge is 0.493 e. The van der Waals surface area contributed by atoms with Crippen molar-refractivity contribution in [2.45, 2.75) is 20.8 Å². The van der Waals surface area contributed by atoms with Crippen LogP contribution in [0.15, 0.2) is 65.6 Å². The molecule has 4 amide bonds. The second-order valence-electron chi connectivity index (χ2n) is 9.31. The van der Waals surface area contributed by atoms with Gasteiger partial charge in [-0.15, -0.1) is 0 Å². The van der Waals surface area contributed by atoms with Gasteiger partial charge < -0.3 is 24.8 Å². The van der Waals surface area contributed by atoms with E-state index < -0.39 is 23.6 Å². The first-order valence-corrected chi connectivity index (χ1v) is 13.9. The lowest BCUT2D eigenvalue weighted by Gasteiger charge is -2.14. The van der Waals surface area contributed by atoms with Gasteiger partial charge in [0.05, 0.1) is 24.3 Å². The second kappa shape index (κ2) is 13.7. The van der Waals surface area contributed by atoms with Crippen LogP contribution in [0.2, 0.25) is 0 Å². The molecule has 0 radical (unpaired) electrons. The molecule has 1 aliphatic rings. The highest BCUT2D eigenvalue weighted by atomic mass is 32.2. The molecule has 0 atom stereocenters. The summed E-state index contributed by atoms with van der Waals surface area (Å²) in [4.78, 5) is 51.7. The van der Waals surface area contributed by atoms with Crippen molar-refractivity contribution in [2.75, 3.05) is 37.5 Å². The number of methoxy groups -OCH3 is 1. The first kappa shape index (κ1) is 30.2. The number of carbonyl (C=O) groups excluding carboxylic acids is 4. The highest BCUT2D eigenvalue weighted by Gasteiger charge is 2.36. The van der Waals surface area contributed by atoms with E-state index in [0.29, 0.717) is 40.8 Å². The van der Waals surface area contributed by atoms with Crippen LogP contribution < -0.4 is 24.8 Å². The fourth-order valence-electron chi connectivity index (χ4n) is 4.15. The number of carbonyl (C=O) groups is 4. The average molecular weight is 590 g/mol. The zero-order valence-electron chi connectivity index (χ0n) is 23.7. The van der Waals surface area contributed by atoms with Gasteiger partial charge >= 0.3 is 0 Å². The van der Waals surface area contributed by atoms with Gasteiger partial charge in [-0.2, -0.15) is 0 Å². The summed E-state index contributed by atoms with van der Waals surface area (Å²) in [5.41, 5.74) is 3.66. The molecule has 0 bridgehead atoms. The number of aryl methyl sites for hydroxylation is 2. The topological polar surface area (TPSA) is 123 Å². The van der Waals surface area contributed by atoms with E-state index in [1.54, 1.807) is 42.5 Å². The van der Waals surface area contributed by atoms with Gasteiger partial charge in [0.1, 0.15) is 12.3 Å². The van der Waals surface area contributed by atoms with E-state index in [4.69, 9.17) is 14.2 Å². The average Bonchev–Trinajstić information content (AvgIpc) is 3.22. The van der Waals surface area contributed by atoms with Crippen LogP contribution in [0.1, 0.15) is 23.6 Å². The zero-order chi connectivity index (χ0) is 30.2. The minimum absolute atomic E-state index is 0.169. The number of amides is 4. The van der Waals surface area contributed by atoms with E-state index in [9.17, 15) is 19.2 Å². The number of benzene rings is 3. The number of anilines is 2. The molecule has 1 aliphatic heterocycles. The lowest BCUT2D eigenvalue weighted by molar-refractivity contribution is -0.127. The second-order valence-corrected chi connectivity index (χ2v) is 10.3. The molecule has 3 aromatic carbocycles. The summed E-state index contributed by atoms with van der Waals surface area (Å²) in [6.45, 7) is 5.46. The predicted octanol–water partition coefficient (Wildman–Crippen LogP) is 5.40. The minimum Gasteiger partial charge on any atom is -0.493 e. The Hall–Kier alpha value is -4.77. The van der Waals surface area contributed by atoms with Crippen molar-refractivity contribution in [3.63, 3.8) is 0 Å². The molecule has 42 heavy (non-hydrogen) atoms. The van der Waals surface area contributed by atoms with Crippen LogP contribution >= 0.6 is 11.8 Å². The van der Waals surface area contributed by atoms with Crippen molar-refractivity contribution >= 4 is 52.2 Å². The Morgan fingerprint density at radius 3 is 2.38 bits per heavy atom. The molecule has 11 heteroatoms. The fourth-order valence-corrected chi connectivity index (χ4v) is 4.99. The van der Waals surface area contributed by atoms with Crippen molar-refractivity contribution in [3.05, 3.63) is 82.3 Å². The molecule has 0 aliphatic carbocycles. The van der Waals surface area contributed by atoms with Crippen LogP contribution in [0.4, 0.5) is 16.2 Å². The Morgan fingerprint density at radius 2 is 1.64 bits per heavy atom. The summed E-state index contributed by atoms with van der Waals surface area (Å²) in [5, 5.41) is 4.98. The monoisotopic (exact) mass is 589 g/mol. The Labute approximate surface area is 248 Å². The summed E-state index contributed by atoms with van der Waals surface area (Å²) in [5.74, 6) is -0.217. The van der Waals surface area contributed by atoms with Crippen molar-refractivity contribution in [1.29, 1.82) is 0 Å². The van der Waals surface area contributed by atoms with Crippen LogP contribution in [-0.2, 0) is 14.4 Å².